The van der Waals surface area contributed by atoms with Crippen molar-refractivity contribution in [2.45, 2.75) is 178 Å². The molecule has 0 atom stereocenters. The van der Waals surface area contributed by atoms with Crippen molar-refractivity contribution in [3.63, 3.8) is 0 Å². The third-order valence-corrected chi connectivity index (χ3v) is 21.6. The Morgan fingerprint density at radius 1 is 0.489 bits per heavy atom. The van der Waals surface area contributed by atoms with E-state index in [1.165, 1.54) is 127 Å². The molecule has 6 heterocycles. The van der Waals surface area contributed by atoms with E-state index in [2.05, 4.69) is 276 Å². The molecule has 477 valence electrons. The molecule has 5 nitrogen and oxygen atoms in total. The second-order valence-corrected chi connectivity index (χ2v) is 33.0. The molecule has 0 spiro atoms. The quantitative estimate of drug-likeness (QED) is 0.122. The molecule has 0 saturated carbocycles. The number of hydrogen-bond acceptors (Lipinski definition) is 6. The molecule has 11 aromatic rings. The fourth-order valence-corrected chi connectivity index (χ4v) is 16.3. The number of anilines is 6. The zero-order valence-corrected chi connectivity index (χ0v) is 61.6. The summed E-state index contributed by atoms with van der Waals surface area (Å²) < 4.78 is 15.1. The van der Waals surface area contributed by atoms with Gasteiger partial charge in [0.1, 0.15) is 0 Å². The smallest absolute Gasteiger partial charge is 0.252 e. The molecule has 4 aliphatic rings. The average Bonchev–Trinajstić information content (AvgIpc) is 0.774. The number of para-hydroxylation sites is 3. The number of imidazole rings is 1. The Bertz CT molecular complexity index is 4670. The van der Waals surface area contributed by atoms with Crippen LogP contribution < -0.4 is 26.2 Å². The number of halogens is 1. The van der Waals surface area contributed by atoms with E-state index in [-0.39, 0.29) is 54.3 Å². The average molecular weight is 1450 g/mol. The molecule has 2 aromatic heterocycles. The van der Waals surface area contributed by atoms with E-state index in [0.717, 1.165) is 50.4 Å². The van der Waals surface area contributed by atoms with Gasteiger partial charge in [-0.25, -0.2) is 0 Å². The first-order valence-electron chi connectivity index (χ1n) is 33.1. The Hall–Kier alpha value is -7.46. The number of rotatable bonds is 6. The van der Waals surface area contributed by atoms with Crippen molar-refractivity contribution >= 4 is 91.8 Å². The maximum Gasteiger partial charge on any atom is 0.252 e. The topological polar surface area (TPSA) is 37.2 Å². The Balaban J connectivity index is 0.000000441. The van der Waals surface area contributed by atoms with Crippen LogP contribution in [0.2, 0.25) is 0 Å². The molecule has 0 N–H and O–H groups in total. The summed E-state index contributed by atoms with van der Waals surface area (Å²) in [5.41, 5.74) is 30.2. The minimum Gasteiger partial charge on any atom is -0.333 e. The molecule has 0 amide bonds. The molecule has 15 rings (SSSR count). The molecule has 0 fully saturated rings. The minimum absolute atomic E-state index is 0. The van der Waals surface area contributed by atoms with Gasteiger partial charge in [-0.2, -0.15) is 0 Å². The van der Waals surface area contributed by atoms with Crippen LogP contribution in [0, 0.1) is 31.8 Å². The van der Waals surface area contributed by atoms with E-state index >= 15 is 0 Å². The van der Waals surface area contributed by atoms with E-state index in [1.807, 2.05) is 49.6 Å². The molecule has 0 saturated heterocycles. The number of hydrogen-bond donors (Lipinski definition) is 0. The second kappa shape index (κ2) is 23.7. The van der Waals surface area contributed by atoms with Gasteiger partial charge in [0.25, 0.3) is 6.71 Å². The van der Waals surface area contributed by atoms with Crippen LogP contribution in [0.25, 0.3) is 50.5 Å². The SMILES string of the molecule is CC(C)c1cccc(C(C)C)c1-n1c(-c2[c-]ccc(-c3cc4c5c(c3)N3c6ccc(C(C)(C)C)cc6Sc6cc(C(C)(C)C)cc(c63)B5c3cc(C(C)(C)C)cc5c3N4c3ccc(C(C)(C)C)cc3S5)c2)nc2ccccc21.Cc1cnc(-c2[c-]cc(F)cc2)cc1C.[Ir]. The zero-order valence-electron chi connectivity index (χ0n) is 57.6. The van der Waals surface area contributed by atoms with Crippen molar-refractivity contribution in [1.82, 2.24) is 14.5 Å². The van der Waals surface area contributed by atoms with Crippen molar-refractivity contribution < 1.29 is 24.5 Å². The summed E-state index contributed by atoms with van der Waals surface area (Å²) in [6, 6.07) is 65.1. The van der Waals surface area contributed by atoms with Crippen molar-refractivity contribution in [3.8, 4) is 39.5 Å². The molecular weight excluding hydrogens is 1370 g/mol. The largest absolute Gasteiger partial charge is 0.333 e. The summed E-state index contributed by atoms with van der Waals surface area (Å²) in [5, 5.41) is 0. The first-order valence-corrected chi connectivity index (χ1v) is 34.7. The molecule has 4 aliphatic heterocycles. The third kappa shape index (κ3) is 11.3. The van der Waals surface area contributed by atoms with E-state index in [4.69, 9.17) is 4.98 Å². The molecule has 10 heteroatoms. The summed E-state index contributed by atoms with van der Waals surface area (Å²) in [6.45, 7) is 41.6. The van der Waals surface area contributed by atoms with Crippen molar-refractivity contribution in [2.24, 2.45) is 0 Å². The molecule has 94 heavy (non-hydrogen) atoms. The molecular formula is C84H83BFIrN5S2-2. The van der Waals surface area contributed by atoms with Crippen LogP contribution in [-0.4, -0.2) is 21.2 Å². The normalized spacial score (nSPS) is 13.6. The number of aryl methyl sites for hydroxylation is 2. The fourth-order valence-electron chi connectivity index (χ4n) is 13.9. The van der Waals surface area contributed by atoms with E-state index in [0.29, 0.717) is 11.8 Å². The predicted octanol–water partition coefficient (Wildman–Crippen LogP) is 21.9. The summed E-state index contributed by atoms with van der Waals surface area (Å²) in [7, 11) is 0. The third-order valence-electron chi connectivity index (χ3n) is 19.4. The van der Waals surface area contributed by atoms with Gasteiger partial charge in [-0.05, 0) is 175 Å². The van der Waals surface area contributed by atoms with Crippen LogP contribution in [0.3, 0.4) is 0 Å². The summed E-state index contributed by atoms with van der Waals surface area (Å²) in [6.07, 6.45) is 1.82. The van der Waals surface area contributed by atoms with Crippen LogP contribution in [-0.2, 0) is 41.8 Å². The van der Waals surface area contributed by atoms with E-state index in [9.17, 15) is 4.39 Å². The van der Waals surface area contributed by atoms with Gasteiger partial charge in [0.15, 0.2) is 0 Å². The molecule has 0 aliphatic carbocycles. The minimum atomic E-state index is -0.275. The number of aromatic nitrogens is 3. The van der Waals surface area contributed by atoms with Crippen LogP contribution in [0.5, 0.6) is 0 Å². The van der Waals surface area contributed by atoms with Crippen molar-refractivity contribution in [1.29, 1.82) is 0 Å². The summed E-state index contributed by atoms with van der Waals surface area (Å²) in [4.78, 5) is 20.4. The van der Waals surface area contributed by atoms with E-state index in [1.54, 1.807) is 6.07 Å². The standard InChI is InChI=1S/C71H72BN4S2.C13H11FN.Ir/c1-40(2)49-23-20-24-50(41(3)4)64(49)76-54-26-18-17-25-53(54)73-67(76)43-22-19-21-42(31-43)44-32-57-63-58(33-44)75-56-30-28-46(69(8,9)10)37-60(56)78-62-39-48(71(14,15)16)35-52(66(62)75)72(63)51-34-47(70(11,12)13)38-61-65(51)74(57)55-29-27-45(68(5,6)7)36-59(55)77-61;1-9-7-13(15-8-10(9)2)11-3-5-12(14)6-4-11;/h17-21,23-41H,1-16H3;3,5-8H,1-2H3;/q2*-1;. The first-order chi connectivity index (χ1) is 44.0. The van der Waals surface area contributed by atoms with Crippen molar-refractivity contribution in [2.75, 3.05) is 9.80 Å². The van der Waals surface area contributed by atoms with Gasteiger partial charge in [0.05, 0.1) is 39.6 Å². The number of nitrogens with zero attached hydrogens (tertiary/aromatic N) is 5. The maximum atomic E-state index is 12.7. The van der Waals surface area contributed by atoms with Crippen LogP contribution >= 0.6 is 23.5 Å². The Morgan fingerprint density at radius 2 is 1.02 bits per heavy atom. The molecule has 0 bridgehead atoms. The van der Waals surface area contributed by atoms with Crippen molar-refractivity contribution in [3.05, 3.63) is 226 Å². The Kier molecular flexibility index (Phi) is 16.5. The van der Waals surface area contributed by atoms with Crippen LogP contribution in [0.4, 0.5) is 38.5 Å². The predicted molar refractivity (Wildman–Crippen MR) is 394 cm³/mol. The zero-order chi connectivity index (χ0) is 65.7. The molecule has 9 aromatic carbocycles. The van der Waals surface area contributed by atoms with E-state index < -0.39 is 0 Å². The van der Waals surface area contributed by atoms with Gasteiger partial charge in [0, 0.05) is 68.8 Å². The summed E-state index contributed by atoms with van der Waals surface area (Å²) in [5.74, 6) is 1.25. The number of pyridine rings is 1. The number of fused-ring (bicyclic) bond motifs is 9. The van der Waals surface area contributed by atoms with Gasteiger partial charge in [-0.15, -0.1) is 65.2 Å². The molecule has 1 radical (unpaired) electrons. The molecule has 0 unspecified atom stereocenters. The Labute approximate surface area is 579 Å². The van der Waals surface area contributed by atoms with Crippen LogP contribution in [0.1, 0.15) is 167 Å². The fraction of sp³-hybridized carbons (Fsp3) is 0.286. The van der Waals surface area contributed by atoms with Gasteiger partial charge in [0.2, 0.25) is 0 Å². The Morgan fingerprint density at radius 3 is 1.52 bits per heavy atom. The number of benzene rings is 9. The van der Waals surface area contributed by atoms with Crippen LogP contribution in [0.15, 0.2) is 184 Å². The van der Waals surface area contributed by atoms with Gasteiger partial charge in [-0.1, -0.05) is 201 Å². The summed E-state index contributed by atoms with van der Waals surface area (Å²) >= 11 is 3.92. The first kappa shape index (κ1) is 65.2. The monoisotopic (exact) mass is 1450 g/mol. The van der Waals surface area contributed by atoms with Gasteiger partial charge in [-0.3, -0.25) is 9.37 Å². The van der Waals surface area contributed by atoms with Gasteiger partial charge < -0.3 is 19.4 Å². The van der Waals surface area contributed by atoms with Gasteiger partial charge >= 0.3 is 0 Å². The second-order valence-electron chi connectivity index (χ2n) is 30.8. The maximum absolute atomic E-state index is 12.7.